The summed E-state index contributed by atoms with van der Waals surface area (Å²) >= 11 is 0. The quantitative estimate of drug-likeness (QED) is 0.420. The zero-order valence-electron chi connectivity index (χ0n) is 14.4. The van der Waals surface area contributed by atoms with Crippen LogP contribution >= 0.6 is 24.0 Å². The minimum absolute atomic E-state index is 0. The Morgan fingerprint density at radius 2 is 2.08 bits per heavy atom. The van der Waals surface area contributed by atoms with Gasteiger partial charge in [0.15, 0.2) is 11.8 Å². The van der Waals surface area contributed by atoms with Crippen molar-refractivity contribution in [2.24, 2.45) is 12.0 Å². The highest BCUT2D eigenvalue weighted by Crippen LogP contribution is 2.22. The minimum Gasteiger partial charge on any atom is -0.356 e. The number of nitrogens with zero attached hydrogens (tertiary/aromatic N) is 4. The van der Waals surface area contributed by atoms with E-state index in [1.165, 1.54) is 6.07 Å². The Hall–Kier alpha value is -1.71. The number of hydrogen-bond donors (Lipinski definition) is 2. The van der Waals surface area contributed by atoms with Crippen molar-refractivity contribution in [1.29, 1.82) is 0 Å². The molecule has 0 aliphatic heterocycles. The van der Waals surface area contributed by atoms with Crippen molar-refractivity contribution in [2.75, 3.05) is 13.6 Å². The molecule has 132 valence electrons. The van der Waals surface area contributed by atoms with Crippen LogP contribution in [0.25, 0.3) is 0 Å². The molecule has 0 bridgehead atoms. The maximum absolute atomic E-state index is 13.4. The lowest BCUT2D eigenvalue weighted by atomic mass is 9.84. The molecule has 1 aromatic carbocycles. The average Bonchev–Trinajstić information content (AvgIpc) is 2.93. The van der Waals surface area contributed by atoms with Crippen molar-refractivity contribution in [3.05, 3.63) is 47.8 Å². The van der Waals surface area contributed by atoms with Gasteiger partial charge in [0.2, 0.25) is 0 Å². The maximum atomic E-state index is 13.4. The number of nitrogens with one attached hydrogen (secondary N) is 2. The van der Waals surface area contributed by atoms with E-state index in [0.717, 1.165) is 11.4 Å². The van der Waals surface area contributed by atoms with Gasteiger partial charge in [-0.1, -0.05) is 26.0 Å². The van der Waals surface area contributed by atoms with Gasteiger partial charge in [-0.3, -0.25) is 4.99 Å². The van der Waals surface area contributed by atoms with Gasteiger partial charge < -0.3 is 15.2 Å². The van der Waals surface area contributed by atoms with E-state index in [1.54, 1.807) is 25.5 Å². The molecule has 0 spiro atoms. The molecule has 1 aromatic heterocycles. The van der Waals surface area contributed by atoms with E-state index in [2.05, 4.69) is 39.7 Å². The van der Waals surface area contributed by atoms with Gasteiger partial charge in [0.25, 0.3) is 0 Å². The fourth-order valence-corrected chi connectivity index (χ4v) is 2.17. The summed E-state index contributed by atoms with van der Waals surface area (Å²) in [4.78, 5) is 4.19. The van der Waals surface area contributed by atoms with Gasteiger partial charge in [-0.25, -0.2) is 4.39 Å². The van der Waals surface area contributed by atoms with E-state index in [4.69, 9.17) is 0 Å². The van der Waals surface area contributed by atoms with Crippen molar-refractivity contribution < 1.29 is 4.39 Å². The molecule has 8 heteroatoms. The summed E-state index contributed by atoms with van der Waals surface area (Å²) in [6.45, 7) is 5.26. The molecule has 0 aliphatic carbocycles. The predicted molar refractivity (Wildman–Crippen MR) is 104 cm³/mol. The summed E-state index contributed by atoms with van der Waals surface area (Å²) in [5.41, 5.74) is 0.707. The second-order valence-corrected chi connectivity index (χ2v) is 6.03. The molecule has 0 radical (unpaired) electrons. The number of guanidine groups is 1. The Labute approximate surface area is 159 Å². The molecule has 2 aromatic rings. The molecule has 24 heavy (non-hydrogen) atoms. The molecular formula is C16H24FIN6. The normalized spacial score (nSPS) is 11.8. The summed E-state index contributed by atoms with van der Waals surface area (Å²) in [6, 6.07) is 6.68. The third-order valence-electron chi connectivity index (χ3n) is 3.75. The van der Waals surface area contributed by atoms with Gasteiger partial charge in [0, 0.05) is 26.1 Å². The summed E-state index contributed by atoms with van der Waals surface area (Å²) < 4.78 is 15.3. The fraction of sp³-hybridized carbons (Fsp3) is 0.438. The van der Waals surface area contributed by atoms with Gasteiger partial charge in [-0.2, -0.15) is 0 Å². The number of halogens is 2. The number of hydrogen-bond acceptors (Lipinski definition) is 3. The molecule has 2 N–H and O–H groups in total. The Morgan fingerprint density at radius 1 is 1.33 bits per heavy atom. The van der Waals surface area contributed by atoms with Crippen molar-refractivity contribution in [2.45, 2.75) is 25.8 Å². The molecule has 0 amide bonds. The summed E-state index contributed by atoms with van der Waals surface area (Å²) in [6.07, 6.45) is 1.65. The van der Waals surface area contributed by atoms with Crippen LogP contribution in [0.15, 0.2) is 35.6 Å². The highest BCUT2D eigenvalue weighted by atomic mass is 127. The third-order valence-corrected chi connectivity index (χ3v) is 3.75. The summed E-state index contributed by atoms with van der Waals surface area (Å²) in [5, 5.41) is 14.3. The highest BCUT2D eigenvalue weighted by Gasteiger charge is 2.21. The Bertz CT molecular complexity index is 683. The lowest BCUT2D eigenvalue weighted by Crippen LogP contribution is -2.43. The van der Waals surface area contributed by atoms with Crippen LogP contribution in [0.4, 0.5) is 4.39 Å². The number of aliphatic imine (C=N–C) groups is 1. The van der Waals surface area contributed by atoms with Crippen LogP contribution in [0.1, 0.15) is 25.2 Å². The van der Waals surface area contributed by atoms with Crippen molar-refractivity contribution >= 4 is 29.9 Å². The molecule has 1 heterocycles. The first-order chi connectivity index (χ1) is 10.9. The lowest BCUT2D eigenvalue weighted by molar-refractivity contribution is 0.502. The second kappa shape index (κ2) is 8.95. The topological polar surface area (TPSA) is 67.1 Å². The monoisotopic (exact) mass is 446 g/mol. The van der Waals surface area contributed by atoms with Crippen LogP contribution in [0.3, 0.4) is 0 Å². The smallest absolute Gasteiger partial charge is 0.191 e. The first-order valence-corrected chi connectivity index (χ1v) is 7.46. The standard InChI is InChI=1S/C16H23FN6.HI/c1-16(2,12-6-5-7-13(17)8-12)10-20-15(18-3)19-9-14-22-21-11-23(14)4;/h5-8,11H,9-10H2,1-4H3,(H2,18,19,20);1H. The molecule has 0 unspecified atom stereocenters. The molecule has 0 fully saturated rings. The van der Waals surface area contributed by atoms with Crippen LogP contribution in [0, 0.1) is 5.82 Å². The molecule has 6 nitrogen and oxygen atoms in total. The van der Waals surface area contributed by atoms with Crippen LogP contribution in [0.2, 0.25) is 0 Å². The molecule has 0 aliphatic rings. The summed E-state index contributed by atoms with van der Waals surface area (Å²) in [5.74, 6) is 1.26. The zero-order valence-corrected chi connectivity index (χ0v) is 16.7. The minimum atomic E-state index is -0.232. The van der Waals surface area contributed by atoms with E-state index >= 15 is 0 Å². The van der Waals surface area contributed by atoms with Crippen LogP contribution < -0.4 is 10.6 Å². The zero-order chi connectivity index (χ0) is 16.9. The molecule has 0 saturated carbocycles. The van der Waals surface area contributed by atoms with Crippen molar-refractivity contribution in [1.82, 2.24) is 25.4 Å². The number of aromatic nitrogens is 3. The van der Waals surface area contributed by atoms with Gasteiger partial charge in [0.05, 0.1) is 6.54 Å². The fourth-order valence-electron chi connectivity index (χ4n) is 2.17. The number of rotatable bonds is 5. The average molecular weight is 446 g/mol. The number of benzene rings is 1. The van der Waals surface area contributed by atoms with E-state index in [0.29, 0.717) is 19.0 Å². The van der Waals surface area contributed by atoms with Gasteiger partial charge in [-0.15, -0.1) is 34.2 Å². The third kappa shape index (κ3) is 5.43. The predicted octanol–water partition coefficient (Wildman–Crippen LogP) is 2.22. The lowest BCUT2D eigenvalue weighted by Gasteiger charge is -2.26. The van der Waals surface area contributed by atoms with Crippen molar-refractivity contribution in [3.8, 4) is 0 Å². The van der Waals surface area contributed by atoms with Crippen LogP contribution in [-0.4, -0.2) is 34.3 Å². The van der Waals surface area contributed by atoms with Gasteiger partial charge in [0.1, 0.15) is 12.1 Å². The second-order valence-electron chi connectivity index (χ2n) is 6.03. The van der Waals surface area contributed by atoms with E-state index in [-0.39, 0.29) is 35.2 Å². The van der Waals surface area contributed by atoms with Crippen LogP contribution in [0.5, 0.6) is 0 Å². The first-order valence-electron chi connectivity index (χ1n) is 7.46. The Morgan fingerprint density at radius 3 is 2.67 bits per heavy atom. The summed E-state index contributed by atoms with van der Waals surface area (Å²) in [7, 11) is 3.60. The first kappa shape index (κ1) is 20.3. The Balaban J connectivity index is 0.00000288. The molecular weight excluding hydrogens is 422 g/mol. The SMILES string of the molecule is CN=C(NCc1nncn1C)NCC(C)(C)c1cccc(F)c1.I. The maximum Gasteiger partial charge on any atom is 0.191 e. The molecule has 0 saturated heterocycles. The largest absolute Gasteiger partial charge is 0.356 e. The van der Waals surface area contributed by atoms with E-state index in [9.17, 15) is 4.39 Å². The highest BCUT2D eigenvalue weighted by molar-refractivity contribution is 14.0. The molecule has 2 rings (SSSR count). The molecule has 0 atom stereocenters. The van der Waals surface area contributed by atoms with E-state index in [1.807, 2.05) is 17.7 Å². The Kier molecular flexibility index (Phi) is 7.59. The van der Waals surface area contributed by atoms with E-state index < -0.39 is 0 Å². The van der Waals surface area contributed by atoms with Gasteiger partial charge in [-0.05, 0) is 17.7 Å². The van der Waals surface area contributed by atoms with Gasteiger partial charge >= 0.3 is 0 Å². The number of aryl methyl sites for hydroxylation is 1. The van der Waals surface area contributed by atoms with Crippen molar-refractivity contribution in [3.63, 3.8) is 0 Å². The van der Waals surface area contributed by atoms with Crippen LogP contribution in [-0.2, 0) is 19.0 Å².